The third kappa shape index (κ3) is 4.11. The number of benzene rings is 1. The van der Waals surface area contributed by atoms with Crippen molar-refractivity contribution in [1.29, 1.82) is 0 Å². The molecule has 106 valence electrons. The van der Waals surface area contributed by atoms with Crippen LogP contribution in [0.5, 0.6) is 0 Å². The Morgan fingerprint density at radius 2 is 2.05 bits per heavy atom. The Morgan fingerprint density at radius 1 is 1.35 bits per heavy atom. The van der Waals surface area contributed by atoms with Gasteiger partial charge in [-0.1, -0.05) is 30.4 Å². The number of hydrogen-bond acceptors (Lipinski definition) is 2. The van der Waals surface area contributed by atoms with E-state index in [-0.39, 0.29) is 5.91 Å². The van der Waals surface area contributed by atoms with E-state index in [0.717, 1.165) is 11.1 Å². The lowest BCUT2D eigenvalue weighted by molar-refractivity contribution is -0.132. The van der Waals surface area contributed by atoms with Gasteiger partial charge in [-0.15, -0.1) is 0 Å². The standard InChI is InChI=1S/C17H22N2O/c1-19(17(20)12-15-4-2-5-15)13-16-9-7-14(8-10-16)6-3-11-18/h7-10,15H,2,4-5,11-13,18H2,1H3. The maximum absolute atomic E-state index is 12.0. The van der Waals surface area contributed by atoms with Gasteiger partial charge in [0.25, 0.3) is 0 Å². The van der Waals surface area contributed by atoms with Gasteiger partial charge in [-0.25, -0.2) is 0 Å². The summed E-state index contributed by atoms with van der Waals surface area (Å²) in [5, 5.41) is 0. The van der Waals surface area contributed by atoms with Gasteiger partial charge >= 0.3 is 0 Å². The zero-order chi connectivity index (χ0) is 14.4. The Labute approximate surface area is 121 Å². The van der Waals surface area contributed by atoms with Gasteiger partial charge in [-0.2, -0.15) is 0 Å². The second kappa shape index (κ2) is 7.12. The molecule has 2 N–H and O–H groups in total. The second-order valence-electron chi connectivity index (χ2n) is 5.45. The molecule has 2 rings (SSSR count). The Hall–Kier alpha value is -1.79. The molecule has 0 radical (unpaired) electrons. The summed E-state index contributed by atoms with van der Waals surface area (Å²) in [6, 6.07) is 7.99. The molecule has 1 aromatic carbocycles. The molecule has 0 saturated heterocycles. The monoisotopic (exact) mass is 270 g/mol. The van der Waals surface area contributed by atoms with Crippen LogP contribution in [0.25, 0.3) is 0 Å². The van der Waals surface area contributed by atoms with E-state index in [9.17, 15) is 4.79 Å². The zero-order valence-corrected chi connectivity index (χ0v) is 12.1. The van der Waals surface area contributed by atoms with E-state index in [1.807, 2.05) is 36.2 Å². The van der Waals surface area contributed by atoms with Crippen molar-refractivity contribution in [2.24, 2.45) is 11.7 Å². The van der Waals surface area contributed by atoms with E-state index in [0.29, 0.717) is 25.4 Å². The number of amides is 1. The summed E-state index contributed by atoms with van der Waals surface area (Å²) in [6.07, 6.45) is 4.42. The van der Waals surface area contributed by atoms with Crippen molar-refractivity contribution in [2.45, 2.75) is 32.2 Å². The number of hydrogen-bond donors (Lipinski definition) is 1. The van der Waals surface area contributed by atoms with Crippen molar-refractivity contribution in [3.05, 3.63) is 35.4 Å². The molecule has 0 bridgehead atoms. The third-order valence-electron chi connectivity index (χ3n) is 3.82. The minimum absolute atomic E-state index is 0.252. The predicted octanol–water partition coefficient (Wildman–Crippen LogP) is 2.15. The van der Waals surface area contributed by atoms with Crippen LogP contribution >= 0.6 is 0 Å². The fourth-order valence-corrected chi connectivity index (χ4v) is 2.31. The lowest BCUT2D eigenvalue weighted by atomic mass is 9.83. The molecule has 1 aromatic rings. The van der Waals surface area contributed by atoms with Crippen LogP contribution in [0.4, 0.5) is 0 Å². The van der Waals surface area contributed by atoms with Crippen molar-refractivity contribution < 1.29 is 4.79 Å². The van der Waals surface area contributed by atoms with Crippen LogP contribution in [-0.2, 0) is 11.3 Å². The van der Waals surface area contributed by atoms with Gasteiger partial charge in [-0.05, 0) is 36.5 Å². The zero-order valence-electron chi connectivity index (χ0n) is 12.1. The maximum Gasteiger partial charge on any atom is 0.222 e. The van der Waals surface area contributed by atoms with Gasteiger partial charge in [0.05, 0.1) is 6.54 Å². The Kier molecular flexibility index (Phi) is 5.20. The lowest BCUT2D eigenvalue weighted by Gasteiger charge is -2.27. The number of rotatable bonds is 4. The molecule has 1 aliphatic carbocycles. The number of carbonyl (C=O) groups excluding carboxylic acids is 1. The van der Waals surface area contributed by atoms with E-state index in [2.05, 4.69) is 11.8 Å². The van der Waals surface area contributed by atoms with Crippen LogP contribution in [-0.4, -0.2) is 24.4 Å². The smallest absolute Gasteiger partial charge is 0.222 e. The average Bonchev–Trinajstić information content (AvgIpc) is 2.41. The Bertz CT molecular complexity index is 506. The Morgan fingerprint density at radius 3 is 2.60 bits per heavy atom. The molecule has 3 nitrogen and oxygen atoms in total. The van der Waals surface area contributed by atoms with Crippen molar-refractivity contribution in [2.75, 3.05) is 13.6 Å². The first-order valence-electron chi connectivity index (χ1n) is 7.21. The summed E-state index contributed by atoms with van der Waals surface area (Å²) >= 11 is 0. The van der Waals surface area contributed by atoms with Gasteiger partial charge in [-0.3, -0.25) is 4.79 Å². The van der Waals surface area contributed by atoms with Gasteiger partial charge in [0.1, 0.15) is 0 Å². The summed E-state index contributed by atoms with van der Waals surface area (Å²) in [6.45, 7) is 1.04. The molecule has 0 aromatic heterocycles. The fraction of sp³-hybridized carbons (Fsp3) is 0.471. The van der Waals surface area contributed by atoms with Gasteiger partial charge < -0.3 is 10.6 Å². The summed E-state index contributed by atoms with van der Waals surface area (Å²) in [5.41, 5.74) is 7.44. The minimum Gasteiger partial charge on any atom is -0.341 e. The highest BCUT2D eigenvalue weighted by atomic mass is 16.2. The number of nitrogens with two attached hydrogens (primary N) is 1. The summed E-state index contributed by atoms with van der Waals surface area (Å²) in [5.74, 6) is 6.70. The predicted molar refractivity (Wildman–Crippen MR) is 80.8 cm³/mol. The van der Waals surface area contributed by atoms with Crippen LogP contribution in [0.1, 0.15) is 36.8 Å². The Balaban J connectivity index is 1.86. The van der Waals surface area contributed by atoms with E-state index >= 15 is 0 Å². The molecule has 0 atom stereocenters. The molecular formula is C17H22N2O. The first-order valence-corrected chi connectivity index (χ1v) is 7.21. The topological polar surface area (TPSA) is 46.3 Å². The molecule has 1 fully saturated rings. The van der Waals surface area contributed by atoms with E-state index < -0.39 is 0 Å². The highest BCUT2D eigenvalue weighted by Crippen LogP contribution is 2.29. The van der Waals surface area contributed by atoms with Crippen LogP contribution < -0.4 is 5.73 Å². The molecule has 3 heteroatoms. The molecule has 20 heavy (non-hydrogen) atoms. The largest absolute Gasteiger partial charge is 0.341 e. The molecule has 0 aliphatic heterocycles. The lowest BCUT2D eigenvalue weighted by Crippen LogP contribution is -2.29. The molecular weight excluding hydrogens is 248 g/mol. The molecule has 1 saturated carbocycles. The van der Waals surface area contributed by atoms with Crippen LogP contribution in [0.2, 0.25) is 0 Å². The molecule has 1 amide bonds. The second-order valence-corrected chi connectivity index (χ2v) is 5.45. The molecule has 0 unspecified atom stereocenters. The molecule has 0 heterocycles. The van der Waals surface area contributed by atoms with E-state index in [1.54, 1.807) is 0 Å². The number of nitrogens with zero attached hydrogens (tertiary/aromatic N) is 1. The van der Waals surface area contributed by atoms with Crippen molar-refractivity contribution in [1.82, 2.24) is 4.90 Å². The minimum atomic E-state index is 0.252. The first kappa shape index (κ1) is 14.6. The van der Waals surface area contributed by atoms with E-state index in [4.69, 9.17) is 5.73 Å². The summed E-state index contributed by atoms with van der Waals surface area (Å²) in [7, 11) is 1.88. The van der Waals surface area contributed by atoms with Crippen molar-refractivity contribution in [3.63, 3.8) is 0 Å². The quantitative estimate of drug-likeness (QED) is 0.852. The molecule has 1 aliphatic rings. The highest BCUT2D eigenvalue weighted by molar-refractivity contribution is 5.76. The van der Waals surface area contributed by atoms with Crippen LogP contribution in [0.3, 0.4) is 0 Å². The fourth-order valence-electron chi connectivity index (χ4n) is 2.31. The van der Waals surface area contributed by atoms with Crippen LogP contribution in [0.15, 0.2) is 24.3 Å². The first-order chi connectivity index (χ1) is 9.69. The van der Waals surface area contributed by atoms with Crippen molar-refractivity contribution >= 4 is 5.91 Å². The number of carbonyl (C=O) groups is 1. The van der Waals surface area contributed by atoms with E-state index in [1.165, 1.54) is 19.3 Å². The third-order valence-corrected chi connectivity index (χ3v) is 3.82. The van der Waals surface area contributed by atoms with Gasteiger partial charge in [0.2, 0.25) is 5.91 Å². The summed E-state index contributed by atoms with van der Waals surface area (Å²) < 4.78 is 0. The van der Waals surface area contributed by atoms with Gasteiger partial charge in [0.15, 0.2) is 0 Å². The van der Waals surface area contributed by atoms with Crippen LogP contribution in [0, 0.1) is 17.8 Å². The maximum atomic E-state index is 12.0. The van der Waals surface area contributed by atoms with Gasteiger partial charge in [0, 0.05) is 25.6 Å². The highest BCUT2D eigenvalue weighted by Gasteiger charge is 2.22. The normalized spacial score (nSPS) is 14.1. The van der Waals surface area contributed by atoms with Crippen molar-refractivity contribution in [3.8, 4) is 11.8 Å². The summed E-state index contributed by atoms with van der Waals surface area (Å²) in [4.78, 5) is 13.9. The average molecular weight is 270 g/mol. The SMILES string of the molecule is CN(Cc1ccc(C#CCN)cc1)C(=O)CC1CCC1. The molecule has 0 spiro atoms.